The summed E-state index contributed by atoms with van der Waals surface area (Å²) in [7, 11) is 0. The summed E-state index contributed by atoms with van der Waals surface area (Å²) in [6, 6.07) is 14.5. The van der Waals surface area contributed by atoms with E-state index in [0.29, 0.717) is 35.9 Å². The summed E-state index contributed by atoms with van der Waals surface area (Å²) >= 11 is 0. The number of aryl methyl sites for hydroxylation is 2. The molecule has 0 spiro atoms. The standard InChI is InChI=1S/C29H30F3N5O4/c1-17(2)27-24(37(36-35-27)23-7-5-6-8-25(23)41-29(30,31)32)16-40-26-12-10-21(19(4)34-26)15-33-14-20-9-11-22(28(38)39)18(3)13-20/h5-13,17,33H,14-16H2,1-4H3,(H,38,39). The monoisotopic (exact) mass is 569 g/mol. The molecule has 2 aromatic carbocycles. The van der Waals surface area contributed by atoms with Crippen molar-refractivity contribution >= 4 is 5.97 Å². The molecule has 0 aliphatic rings. The quantitative estimate of drug-likeness (QED) is 0.231. The number of carboxylic acids is 1. The van der Waals surface area contributed by atoms with Crippen molar-refractivity contribution in [2.24, 2.45) is 0 Å². The van der Waals surface area contributed by atoms with Crippen LogP contribution in [0.25, 0.3) is 5.69 Å². The summed E-state index contributed by atoms with van der Waals surface area (Å²) in [6.45, 7) is 8.48. The van der Waals surface area contributed by atoms with E-state index in [1.807, 2.05) is 32.9 Å². The van der Waals surface area contributed by atoms with Crippen LogP contribution < -0.4 is 14.8 Å². The second-order valence-electron chi connectivity index (χ2n) is 9.74. The Hall–Kier alpha value is -4.45. The molecule has 4 aromatic rings. The van der Waals surface area contributed by atoms with Gasteiger partial charge in [0.05, 0.1) is 11.3 Å². The molecule has 0 aliphatic carbocycles. The fraction of sp³-hybridized carbons (Fsp3) is 0.310. The molecule has 2 N–H and O–H groups in total. The highest BCUT2D eigenvalue weighted by Crippen LogP contribution is 2.31. The van der Waals surface area contributed by atoms with E-state index in [9.17, 15) is 23.1 Å². The zero-order valence-electron chi connectivity index (χ0n) is 23.0. The van der Waals surface area contributed by atoms with Crippen LogP contribution in [-0.4, -0.2) is 37.4 Å². The van der Waals surface area contributed by atoms with Gasteiger partial charge in [0.1, 0.15) is 18.0 Å². The van der Waals surface area contributed by atoms with E-state index in [0.717, 1.165) is 16.8 Å². The summed E-state index contributed by atoms with van der Waals surface area (Å²) in [5, 5.41) is 20.8. The van der Waals surface area contributed by atoms with E-state index in [2.05, 4.69) is 25.3 Å². The maximum atomic E-state index is 13.0. The van der Waals surface area contributed by atoms with Crippen LogP contribution in [0, 0.1) is 13.8 Å². The largest absolute Gasteiger partial charge is 0.573 e. The number of aromatic carboxylic acids is 1. The lowest BCUT2D eigenvalue weighted by Crippen LogP contribution is -2.19. The van der Waals surface area contributed by atoms with Crippen LogP contribution in [0.3, 0.4) is 0 Å². The number of para-hydroxylation sites is 2. The molecule has 4 rings (SSSR count). The number of benzene rings is 2. The maximum Gasteiger partial charge on any atom is 0.573 e. The second kappa shape index (κ2) is 12.4. The molecular formula is C29H30F3N5O4. The van der Waals surface area contributed by atoms with Gasteiger partial charge in [0.2, 0.25) is 5.88 Å². The lowest BCUT2D eigenvalue weighted by atomic mass is 10.1. The molecule has 216 valence electrons. The molecular weight excluding hydrogens is 539 g/mol. The molecule has 0 atom stereocenters. The van der Waals surface area contributed by atoms with Crippen LogP contribution in [0.1, 0.15) is 63.9 Å². The molecule has 2 aromatic heterocycles. The summed E-state index contributed by atoms with van der Waals surface area (Å²) in [5.74, 6) is -1.08. The van der Waals surface area contributed by atoms with E-state index in [4.69, 9.17) is 4.74 Å². The Balaban J connectivity index is 1.46. The van der Waals surface area contributed by atoms with Crippen molar-refractivity contribution in [3.63, 3.8) is 0 Å². The Kier molecular flexibility index (Phi) is 8.92. The van der Waals surface area contributed by atoms with Crippen LogP contribution in [0.5, 0.6) is 11.6 Å². The fourth-order valence-corrected chi connectivity index (χ4v) is 4.33. The molecule has 0 saturated heterocycles. The van der Waals surface area contributed by atoms with E-state index < -0.39 is 18.1 Å². The Bertz CT molecular complexity index is 1540. The summed E-state index contributed by atoms with van der Waals surface area (Å²) in [4.78, 5) is 15.8. The van der Waals surface area contributed by atoms with Crippen LogP contribution in [0.4, 0.5) is 13.2 Å². The molecule has 0 amide bonds. The topological polar surface area (TPSA) is 111 Å². The Labute approximate surface area is 234 Å². The number of ether oxygens (including phenoxy) is 2. The van der Waals surface area contributed by atoms with Gasteiger partial charge in [0, 0.05) is 24.8 Å². The average molecular weight is 570 g/mol. The Morgan fingerprint density at radius 2 is 1.83 bits per heavy atom. The number of halogens is 3. The normalized spacial score (nSPS) is 11.6. The third kappa shape index (κ3) is 7.40. The van der Waals surface area contributed by atoms with Crippen molar-refractivity contribution in [2.45, 2.75) is 59.7 Å². The number of carbonyl (C=O) groups is 1. The predicted molar refractivity (Wildman–Crippen MR) is 144 cm³/mol. The zero-order chi connectivity index (χ0) is 29.7. The van der Waals surface area contributed by atoms with Gasteiger partial charge in [-0.2, -0.15) is 0 Å². The van der Waals surface area contributed by atoms with Gasteiger partial charge >= 0.3 is 12.3 Å². The maximum absolute atomic E-state index is 13.0. The van der Waals surface area contributed by atoms with Crippen molar-refractivity contribution in [1.82, 2.24) is 25.3 Å². The number of nitrogens with zero attached hydrogens (tertiary/aromatic N) is 4. The Morgan fingerprint density at radius 1 is 1.07 bits per heavy atom. The SMILES string of the molecule is Cc1cc(CNCc2ccc(OCc3c(C(C)C)nnn3-c3ccccc3OC(F)(F)F)nc2C)ccc1C(=O)O. The zero-order valence-corrected chi connectivity index (χ0v) is 23.0. The lowest BCUT2D eigenvalue weighted by Gasteiger charge is -2.15. The lowest BCUT2D eigenvalue weighted by molar-refractivity contribution is -0.274. The predicted octanol–water partition coefficient (Wildman–Crippen LogP) is 5.87. The van der Waals surface area contributed by atoms with Gasteiger partial charge in [-0.25, -0.2) is 14.5 Å². The second-order valence-corrected chi connectivity index (χ2v) is 9.74. The van der Waals surface area contributed by atoms with Crippen molar-refractivity contribution in [2.75, 3.05) is 0 Å². The molecule has 0 saturated carbocycles. The van der Waals surface area contributed by atoms with E-state index in [1.54, 1.807) is 31.2 Å². The average Bonchev–Trinajstić information content (AvgIpc) is 3.32. The van der Waals surface area contributed by atoms with Crippen molar-refractivity contribution in [3.8, 4) is 17.3 Å². The van der Waals surface area contributed by atoms with E-state index in [1.165, 1.54) is 22.9 Å². The number of nitrogens with one attached hydrogen (secondary N) is 1. The molecule has 0 bridgehead atoms. The van der Waals surface area contributed by atoms with Crippen LogP contribution in [0.15, 0.2) is 54.6 Å². The van der Waals surface area contributed by atoms with Crippen molar-refractivity contribution in [3.05, 3.63) is 93.9 Å². The van der Waals surface area contributed by atoms with E-state index >= 15 is 0 Å². The van der Waals surface area contributed by atoms with Crippen molar-refractivity contribution in [1.29, 1.82) is 0 Å². The minimum atomic E-state index is -4.86. The Morgan fingerprint density at radius 3 is 2.49 bits per heavy atom. The summed E-state index contributed by atoms with van der Waals surface area (Å²) < 4.78 is 50.5. The van der Waals surface area contributed by atoms with Gasteiger partial charge in [-0.1, -0.05) is 49.4 Å². The first-order chi connectivity index (χ1) is 19.4. The first kappa shape index (κ1) is 29.5. The van der Waals surface area contributed by atoms with Gasteiger partial charge in [0.25, 0.3) is 0 Å². The molecule has 12 heteroatoms. The minimum absolute atomic E-state index is 0.0312. The third-order valence-electron chi connectivity index (χ3n) is 6.35. The van der Waals surface area contributed by atoms with Gasteiger partial charge in [-0.15, -0.1) is 18.3 Å². The highest BCUT2D eigenvalue weighted by Gasteiger charge is 2.33. The molecule has 0 aliphatic heterocycles. The number of hydrogen-bond acceptors (Lipinski definition) is 7. The van der Waals surface area contributed by atoms with Gasteiger partial charge in [0.15, 0.2) is 5.75 Å². The minimum Gasteiger partial charge on any atom is -0.478 e. The number of alkyl halides is 3. The fourth-order valence-electron chi connectivity index (χ4n) is 4.33. The highest BCUT2D eigenvalue weighted by molar-refractivity contribution is 5.89. The van der Waals surface area contributed by atoms with Gasteiger partial charge < -0.3 is 19.9 Å². The molecule has 41 heavy (non-hydrogen) atoms. The van der Waals surface area contributed by atoms with Gasteiger partial charge in [-0.3, -0.25) is 0 Å². The molecule has 0 unspecified atom stereocenters. The first-order valence-electron chi connectivity index (χ1n) is 12.9. The number of pyridine rings is 1. The summed E-state index contributed by atoms with van der Waals surface area (Å²) in [6.07, 6.45) is -4.86. The number of aromatic nitrogens is 4. The molecule has 0 fully saturated rings. The van der Waals surface area contributed by atoms with Crippen LogP contribution >= 0.6 is 0 Å². The molecule has 9 nitrogen and oxygen atoms in total. The third-order valence-corrected chi connectivity index (χ3v) is 6.35. The molecule has 0 radical (unpaired) electrons. The molecule has 2 heterocycles. The highest BCUT2D eigenvalue weighted by atomic mass is 19.4. The number of hydrogen-bond donors (Lipinski definition) is 2. The first-order valence-corrected chi connectivity index (χ1v) is 12.9. The van der Waals surface area contributed by atoms with Gasteiger partial charge in [-0.05, 0) is 54.7 Å². The van der Waals surface area contributed by atoms with Crippen LogP contribution in [0.2, 0.25) is 0 Å². The smallest absolute Gasteiger partial charge is 0.478 e. The van der Waals surface area contributed by atoms with Crippen LogP contribution in [-0.2, 0) is 19.7 Å². The van der Waals surface area contributed by atoms with E-state index in [-0.39, 0.29) is 23.8 Å². The summed E-state index contributed by atoms with van der Waals surface area (Å²) in [5.41, 5.74) is 4.78. The number of rotatable bonds is 11. The van der Waals surface area contributed by atoms with Crippen molar-refractivity contribution < 1.29 is 32.5 Å². The number of carboxylic acid groups (broad SMARTS) is 1.